The van der Waals surface area contributed by atoms with Gasteiger partial charge in [0.15, 0.2) is 0 Å². The number of rotatable bonds is 10. The van der Waals surface area contributed by atoms with E-state index in [0.29, 0.717) is 12.1 Å². The minimum atomic E-state index is -4.19. The molecule has 0 unspecified atom stereocenters. The SMILES string of the molecule is CC(C)OC(=O)c1ccc(C(=O)NS(=O)(=O)c2ccc(C(=O)NCCCc3ccccc3)cc2)cn1. The van der Waals surface area contributed by atoms with Crippen molar-refractivity contribution in [3.05, 3.63) is 95.3 Å². The number of amides is 2. The van der Waals surface area contributed by atoms with Crippen LogP contribution in [0, 0.1) is 0 Å². The molecule has 1 heterocycles. The molecular weight excluding hydrogens is 482 g/mol. The first-order valence-electron chi connectivity index (χ1n) is 11.3. The second-order valence-electron chi connectivity index (χ2n) is 8.19. The molecule has 0 radical (unpaired) electrons. The van der Waals surface area contributed by atoms with Crippen molar-refractivity contribution in [3.8, 4) is 0 Å². The summed E-state index contributed by atoms with van der Waals surface area (Å²) in [5, 5.41) is 2.81. The summed E-state index contributed by atoms with van der Waals surface area (Å²) in [5.74, 6) is -1.88. The smallest absolute Gasteiger partial charge is 0.357 e. The number of hydrogen-bond acceptors (Lipinski definition) is 7. The van der Waals surface area contributed by atoms with Gasteiger partial charge in [-0.05, 0) is 68.7 Å². The fourth-order valence-corrected chi connectivity index (χ4v) is 4.16. The maximum atomic E-state index is 12.6. The van der Waals surface area contributed by atoms with Gasteiger partial charge >= 0.3 is 5.97 Å². The normalized spacial score (nSPS) is 11.1. The van der Waals surface area contributed by atoms with E-state index in [1.165, 1.54) is 42.0 Å². The zero-order chi connectivity index (χ0) is 26.1. The van der Waals surface area contributed by atoms with Crippen molar-refractivity contribution in [2.75, 3.05) is 6.54 Å². The van der Waals surface area contributed by atoms with Gasteiger partial charge in [-0.1, -0.05) is 30.3 Å². The molecule has 2 N–H and O–H groups in total. The van der Waals surface area contributed by atoms with Crippen molar-refractivity contribution in [1.29, 1.82) is 0 Å². The number of carbonyl (C=O) groups excluding carboxylic acids is 3. The monoisotopic (exact) mass is 509 g/mol. The average Bonchev–Trinajstić information content (AvgIpc) is 2.86. The minimum absolute atomic E-state index is 0.00274. The lowest BCUT2D eigenvalue weighted by molar-refractivity contribution is 0.0370. The van der Waals surface area contributed by atoms with Crippen molar-refractivity contribution < 1.29 is 27.5 Å². The van der Waals surface area contributed by atoms with Gasteiger partial charge in [-0.25, -0.2) is 22.9 Å². The lowest BCUT2D eigenvalue weighted by atomic mass is 10.1. The van der Waals surface area contributed by atoms with E-state index in [9.17, 15) is 22.8 Å². The number of hydrogen-bond donors (Lipinski definition) is 2. The summed E-state index contributed by atoms with van der Waals surface area (Å²) in [7, 11) is -4.19. The predicted molar refractivity (Wildman–Crippen MR) is 133 cm³/mol. The third-order valence-electron chi connectivity index (χ3n) is 5.00. The molecule has 0 aliphatic rings. The highest BCUT2D eigenvalue weighted by Crippen LogP contribution is 2.12. The van der Waals surface area contributed by atoms with E-state index in [0.717, 1.165) is 19.0 Å². The van der Waals surface area contributed by atoms with Crippen LogP contribution < -0.4 is 10.0 Å². The number of benzene rings is 2. The first kappa shape index (κ1) is 26.6. The first-order valence-corrected chi connectivity index (χ1v) is 12.8. The molecule has 2 aromatic carbocycles. The highest BCUT2D eigenvalue weighted by molar-refractivity contribution is 7.90. The number of nitrogens with one attached hydrogen (secondary N) is 2. The van der Waals surface area contributed by atoms with Crippen molar-refractivity contribution >= 4 is 27.8 Å². The Morgan fingerprint density at radius 3 is 2.17 bits per heavy atom. The Hall–Kier alpha value is -4.05. The largest absolute Gasteiger partial charge is 0.458 e. The van der Waals surface area contributed by atoms with E-state index in [-0.39, 0.29) is 28.2 Å². The predicted octanol–water partition coefficient (Wildman–Crippen LogP) is 3.13. The summed E-state index contributed by atoms with van der Waals surface area (Å²) < 4.78 is 32.2. The molecule has 0 aliphatic carbocycles. The molecule has 188 valence electrons. The van der Waals surface area contributed by atoms with Gasteiger partial charge < -0.3 is 10.1 Å². The van der Waals surface area contributed by atoms with Gasteiger partial charge in [0.05, 0.1) is 16.6 Å². The van der Waals surface area contributed by atoms with Crippen LogP contribution in [-0.4, -0.2) is 43.8 Å². The van der Waals surface area contributed by atoms with Crippen LogP contribution in [0.5, 0.6) is 0 Å². The molecule has 10 heteroatoms. The van der Waals surface area contributed by atoms with Gasteiger partial charge in [-0.2, -0.15) is 0 Å². The second-order valence-corrected chi connectivity index (χ2v) is 9.87. The molecule has 0 spiro atoms. The highest BCUT2D eigenvalue weighted by atomic mass is 32.2. The minimum Gasteiger partial charge on any atom is -0.458 e. The Bertz CT molecular complexity index is 1310. The Morgan fingerprint density at radius 2 is 1.56 bits per heavy atom. The van der Waals surface area contributed by atoms with Crippen LogP contribution in [0.4, 0.5) is 0 Å². The van der Waals surface area contributed by atoms with Crippen LogP contribution in [-0.2, 0) is 21.2 Å². The van der Waals surface area contributed by atoms with Gasteiger partial charge in [0.25, 0.3) is 21.8 Å². The Labute approximate surface area is 210 Å². The van der Waals surface area contributed by atoms with Crippen LogP contribution in [0.2, 0.25) is 0 Å². The molecule has 0 saturated carbocycles. The fourth-order valence-electron chi connectivity index (χ4n) is 3.19. The summed E-state index contributed by atoms with van der Waals surface area (Å²) in [6.07, 6.45) is 2.36. The van der Waals surface area contributed by atoms with Crippen LogP contribution in [0.1, 0.15) is 57.0 Å². The maximum absolute atomic E-state index is 12.6. The zero-order valence-electron chi connectivity index (χ0n) is 19.9. The molecule has 0 fully saturated rings. The van der Waals surface area contributed by atoms with Crippen molar-refractivity contribution in [2.24, 2.45) is 0 Å². The van der Waals surface area contributed by atoms with Crippen LogP contribution in [0.25, 0.3) is 0 Å². The number of pyridine rings is 1. The maximum Gasteiger partial charge on any atom is 0.357 e. The lowest BCUT2D eigenvalue weighted by Gasteiger charge is -2.09. The third kappa shape index (κ3) is 7.47. The topological polar surface area (TPSA) is 132 Å². The summed E-state index contributed by atoms with van der Waals surface area (Å²) >= 11 is 0. The van der Waals surface area contributed by atoms with E-state index in [4.69, 9.17) is 4.74 Å². The summed E-state index contributed by atoms with van der Waals surface area (Å²) in [6, 6.07) is 17.7. The number of ether oxygens (including phenoxy) is 1. The fraction of sp³-hybridized carbons (Fsp3) is 0.231. The van der Waals surface area contributed by atoms with E-state index in [1.807, 2.05) is 35.1 Å². The molecule has 3 aromatic rings. The quantitative estimate of drug-likeness (QED) is 0.317. The Kier molecular flexibility index (Phi) is 8.91. The van der Waals surface area contributed by atoms with Gasteiger partial charge in [0.2, 0.25) is 0 Å². The molecule has 0 aliphatic heterocycles. The number of carbonyl (C=O) groups is 3. The van der Waals surface area contributed by atoms with E-state index in [1.54, 1.807) is 13.8 Å². The van der Waals surface area contributed by atoms with Gasteiger partial charge in [0, 0.05) is 18.3 Å². The lowest BCUT2D eigenvalue weighted by Crippen LogP contribution is -2.31. The Balaban J connectivity index is 1.54. The van der Waals surface area contributed by atoms with Crippen molar-refractivity contribution in [3.63, 3.8) is 0 Å². The second kappa shape index (κ2) is 12.1. The first-order chi connectivity index (χ1) is 17.2. The zero-order valence-corrected chi connectivity index (χ0v) is 20.7. The number of nitrogens with zero attached hydrogens (tertiary/aromatic N) is 1. The van der Waals surface area contributed by atoms with Crippen LogP contribution >= 0.6 is 0 Å². The molecule has 3 rings (SSSR count). The standard InChI is InChI=1S/C26H27N3O6S/c1-18(2)35-26(32)23-15-12-21(17-28-23)25(31)29-36(33,34)22-13-10-20(11-14-22)24(30)27-16-6-9-19-7-4-3-5-8-19/h3-5,7-8,10-15,17-18H,6,9,16H2,1-2H3,(H,27,30)(H,29,31). The number of sulfonamides is 1. The molecule has 0 saturated heterocycles. The van der Waals surface area contributed by atoms with Crippen LogP contribution in [0.15, 0.2) is 77.8 Å². The van der Waals surface area contributed by atoms with Gasteiger partial charge in [-0.3, -0.25) is 9.59 Å². The Morgan fingerprint density at radius 1 is 0.889 bits per heavy atom. The molecule has 0 atom stereocenters. The van der Waals surface area contributed by atoms with Gasteiger partial charge in [0.1, 0.15) is 5.69 Å². The van der Waals surface area contributed by atoms with Gasteiger partial charge in [-0.15, -0.1) is 0 Å². The summed E-state index contributed by atoms with van der Waals surface area (Å²) in [5.41, 5.74) is 1.43. The summed E-state index contributed by atoms with van der Waals surface area (Å²) in [4.78, 5) is 40.3. The average molecular weight is 510 g/mol. The molecule has 36 heavy (non-hydrogen) atoms. The molecule has 0 bridgehead atoms. The number of esters is 1. The third-order valence-corrected chi connectivity index (χ3v) is 6.35. The van der Waals surface area contributed by atoms with E-state index < -0.39 is 21.9 Å². The van der Waals surface area contributed by atoms with Crippen molar-refractivity contribution in [1.82, 2.24) is 15.0 Å². The molecular formula is C26H27N3O6S. The molecule has 9 nitrogen and oxygen atoms in total. The van der Waals surface area contributed by atoms with Crippen LogP contribution in [0.3, 0.4) is 0 Å². The summed E-state index contributed by atoms with van der Waals surface area (Å²) in [6.45, 7) is 3.86. The van der Waals surface area contributed by atoms with E-state index >= 15 is 0 Å². The molecule has 1 aromatic heterocycles. The van der Waals surface area contributed by atoms with E-state index in [2.05, 4.69) is 10.3 Å². The van der Waals surface area contributed by atoms with Crippen molar-refractivity contribution in [2.45, 2.75) is 37.7 Å². The number of aromatic nitrogens is 1. The highest BCUT2D eigenvalue weighted by Gasteiger charge is 2.20. The number of aryl methyl sites for hydroxylation is 1. The molecule has 2 amide bonds.